The quantitative estimate of drug-likeness (QED) is 0.685. The van der Waals surface area contributed by atoms with Crippen LogP contribution in [0.3, 0.4) is 0 Å². The molecule has 2 amide bonds. The van der Waals surface area contributed by atoms with Crippen LogP contribution < -0.4 is 5.32 Å². The fraction of sp³-hybridized carbons (Fsp3) is 0.400. The number of aromatic nitrogens is 3. The van der Waals surface area contributed by atoms with Gasteiger partial charge in [-0.05, 0) is 36.3 Å². The fourth-order valence-electron chi connectivity index (χ4n) is 4.91. The Balaban J connectivity index is 1.46. The van der Waals surface area contributed by atoms with E-state index in [4.69, 9.17) is 14.7 Å². The van der Waals surface area contributed by atoms with Gasteiger partial charge in [-0.3, -0.25) is 4.98 Å². The van der Waals surface area contributed by atoms with Crippen molar-refractivity contribution in [3.8, 4) is 11.3 Å². The van der Waals surface area contributed by atoms with E-state index in [1.165, 1.54) is 24.2 Å². The third-order valence-electron chi connectivity index (χ3n) is 6.79. The number of carbonyl (C=O) groups is 1. The van der Waals surface area contributed by atoms with E-state index in [1.54, 1.807) is 7.05 Å². The summed E-state index contributed by atoms with van der Waals surface area (Å²) in [4.78, 5) is 24.2. The minimum Gasteiger partial charge on any atom is -0.377 e. The second kappa shape index (κ2) is 7.74. The predicted octanol–water partition coefficient (Wildman–Crippen LogP) is 3.93. The maximum Gasteiger partial charge on any atom is 0.317 e. The number of carbonyl (C=O) groups excluding carboxylic acids is 1. The van der Waals surface area contributed by atoms with Crippen LogP contribution in [-0.2, 0) is 17.8 Å². The van der Waals surface area contributed by atoms with E-state index < -0.39 is 0 Å². The van der Waals surface area contributed by atoms with Crippen molar-refractivity contribution in [3.63, 3.8) is 0 Å². The summed E-state index contributed by atoms with van der Waals surface area (Å²) in [6.45, 7) is 3.48. The number of ether oxygens (including phenoxy) is 1. The van der Waals surface area contributed by atoms with E-state index in [9.17, 15) is 4.79 Å². The Labute approximate surface area is 187 Å². The van der Waals surface area contributed by atoms with Crippen molar-refractivity contribution in [2.75, 3.05) is 26.8 Å². The Morgan fingerprint density at radius 3 is 2.94 bits per heavy atom. The van der Waals surface area contributed by atoms with Crippen molar-refractivity contribution in [2.45, 2.75) is 38.3 Å². The number of urea groups is 1. The Bertz CT molecular complexity index is 1240. The van der Waals surface area contributed by atoms with Gasteiger partial charge in [0.05, 0.1) is 36.8 Å². The average molecular weight is 430 g/mol. The molecule has 0 radical (unpaired) electrons. The minimum atomic E-state index is -0.0367. The zero-order valence-corrected chi connectivity index (χ0v) is 18.3. The summed E-state index contributed by atoms with van der Waals surface area (Å²) >= 11 is 0. The van der Waals surface area contributed by atoms with Gasteiger partial charge in [0.15, 0.2) is 0 Å². The van der Waals surface area contributed by atoms with Crippen LogP contribution in [0.1, 0.15) is 42.4 Å². The van der Waals surface area contributed by atoms with Gasteiger partial charge in [-0.15, -0.1) is 0 Å². The molecule has 1 N–H and O–H groups in total. The molecule has 0 saturated heterocycles. The molecule has 7 nitrogen and oxygen atoms in total. The van der Waals surface area contributed by atoms with Gasteiger partial charge in [-0.25, -0.2) is 9.78 Å². The Hall–Kier alpha value is -3.19. The van der Waals surface area contributed by atoms with Gasteiger partial charge < -0.3 is 19.5 Å². The van der Waals surface area contributed by atoms with Crippen molar-refractivity contribution in [1.29, 1.82) is 0 Å². The summed E-state index contributed by atoms with van der Waals surface area (Å²) in [5, 5.41) is 5.03. The fourth-order valence-corrected chi connectivity index (χ4v) is 4.91. The van der Waals surface area contributed by atoms with Gasteiger partial charge in [-0.2, -0.15) is 0 Å². The summed E-state index contributed by atoms with van der Waals surface area (Å²) in [5.41, 5.74) is 5.49. The first kappa shape index (κ1) is 19.5. The molecule has 32 heavy (non-hydrogen) atoms. The zero-order valence-electron chi connectivity index (χ0n) is 18.3. The van der Waals surface area contributed by atoms with E-state index in [-0.39, 0.29) is 6.03 Å². The van der Waals surface area contributed by atoms with Crippen molar-refractivity contribution in [3.05, 3.63) is 53.8 Å². The van der Waals surface area contributed by atoms with Gasteiger partial charge in [0, 0.05) is 43.2 Å². The number of benzene rings is 1. The van der Waals surface area contributed by atoms with E-state index >= 15 is 0 Å². The number of hydrogen-bond donors (Lipinski definition) is 1. The molecule has 0 spiro atoms. The number of amides is 2. The molecule has 1 fully saturated rings. The number of nitrogens with zero attached hydrogens (tertiary/aromatic N) is 4. The Morgan fingerprint density at radius 1 is 1.25 bits per heavy atom. The van der Waals surface area contributed by atoms with Crippen LogP contribution in [0.25, 0.3) is 27.6 Å². The summed E-state index contributed by atoms with van der Waals surface area (Å²) in [6.07, 6.45) is 7.41. The number of fused-ring (bicyclic) bond motifs is 2. The van der Waals surface area contributed by atoms with E-state index in [0.717, 1.165) is 53.0 Å². The first-order valence-electron chi connectivity index (χ1n) is 11.4. The maximum absolute atomic E-state index is 12.3. The normalized spacial score (nSPS) is 18.4. The van der Waals surface area contributed by atoms with Crippen LogP contribution in [0.4, 0.5) is 4.79 Å². The van der Waals surface area contributed by atoms with Crippen LogP contribution in [-0.4, -0.2) is 52.3 Å². The molecule has 0 unspecified atom stereocenters. The number of imidazole rings is 1. The molecular weight excluding hydrogens is 402 g/mol. The van der Waals surface area contributed by atoms with Gasteiger partial charge >= 0.3 is 6.03 Å². The Morgan fingerprint density at radius 2 is 2.16 bits per heavy atom. The lowest BCUT2D eigenvalue weighted by Crippen LogP contribution is -2.43. The lowest BCUT2D eigenvalue weighted by molar-refractivity contribution is 0.161. The van der Waals surface area contributed by atoms with Gasteiger partial charge in [-0.1, -0.05) is 24.3 Å². The lowest BCUT2D eigenvalue weighted by Gasteiger charge is -2.29. The third-order valence-corrected chi connectivity index (χ3v) is 6.79. The number of rotatable bonds is 3. The van der Waals surface area contributed by atoms with Crippen LogP contribution in [0.5, 0.6) is 0 Å². The third kappa shape index (κ3) is 3.28. The van der Waals surface area contributed by atoms with Crippen molar-refractivity contribution >= 4 is 22.4 Å². The summed E-state index contributed by atoms with van der Waals surface area (Å²) in [6, 6.07) is 8.52. The maximum atomic E-state index is 12.3. The van der Waals surface area contributed by atoms with E-state index in [1.807, 2.05) is 11.1 Å². The summed E-state index contributed by atoms with van der Waals surface area (Å²) in [7, 11) is 1.69. The minimum absolute atomic E-state index is 0.0367. The van der Waals surface area contributed by atoms with Crippen LogP contribution in [0.15, 0.2) is 36.5 Å². The van der Waals surface area contributed by atoms with Crippen LogP contribution >= 0.6 is 0 Å². The largest absolute Gasteiger partial charge is 0.377 e. The molecule has 1 aromatic carbocycles. The summed E-state index contributed by atoms with van der Waals surface area (Å²) in [5.74, 6) is 1.73. The molecule has 4 heterocycles. The van der Waals surface area contributed by atoms with Gasteiger partial charge in [0.2, 0.25) is 0 Å². The van der Waals surface area contributed by atoms with Crippen LogP contribution in [0.2, 0.25) is 0 Å². The highest BCUT2D eigenvalue weighted by Crippen LogP contribution is 2.43. The van der Waals surface area contributed by atoms with E-state index in [2.05, 4.69) is 40.2 Å². The highest BCUT2D eigenvalue weighted by atomic mass is 16.5. The van der Waals surface area contributed by atoms with E-state index in [0.29, 0.717) is 25.6 Å². The monoisotopic (exact) mass is 429 g/mol. The first-order valence-corrected chi connectivity index (χ1v) is 11.4. The SMILES string of the molecule is CNC(=O)N1CCn2c(C3CC3)nc(-c3cccc4cc(C5=CCOCC5)ncc34)c2C1. The molecule has 6 rings (SSSR count). The molecule has 3 aromatic rings. The molecule has 1 saturated carbocycles. The van der Waals surface area contributed by atoms with Gasteiger partial charge in [0.25, 0.3) is 0 Å². The first-order chi connectivity index (χ1) is 15.7. The molecule has 0 bridgehead atoms. The number of nitrogens with one attached hydrogen (secondary N) is 1. The van der Waals surface area contributed by atoms with Gasteiger partial charge in [0.1, 0.15) is 5.82 Å². The highest BCUT2D eigenvalue weighted by Gasteiger charge is 2.34. The smallest absolute Gasteiger partial charge is 0.317 e. The van der Waals surface area contributed by atoms with Crippen molar-refractivity contribution < 1.29 is 9.53 Å². The average Bonchev–Trinajstić information content (AvgIpc) is 3.63. The topological polar surface area (TPSA) is 72.3 Å². The molecule has 1 aliphatic carbocycles. The molecule has 0 atom stereocenters. The molecule has 3 aliphatic rings. The number of hydrogen-bond acceptors (Lipinski definition) is 4. The van der Waals surface area contributed by atoms with Crippen molar-refractivity contribution in [2.24, 2.45) is 0 Å². The molecule has 164 valence electrons. The second-order valence-corrected chi connectivity index (χ2v) is 8.82. The molecule has 2 aromatic heterocycles. The highest BCUT2D eigenvalue weighted by molar-refractivity contribution is 5.97. The Kier molecular flexibility index (Phi) is 4.72. The predicted molar refractivity (Wildman–Crippen MR) is 123 cm³/mol. The zero-order chi connectivity index (χ0) is 21.7. The second-order valence-electron chi connectivity index (χ2n) is 8.82. The van der Waals surface area contributed by atoms with Crippen molar-refractivity contribution in [1.82, 2.24) is 24.8 Å². The molecular formula is C25H27N5O2. The van der Waals surface area contributed by atoms with Crippen LogP contribution in [0, 0.1) is 0 Å². The number of pyridine rings is 1. The molecule has 7 heteroatoms. The lowest BCUT2D eigenvalue weighted by atomic mass is 9.99. The summed E-state index contributed by atoms with van der Waals surface area (Å²) < 4.78 is 7.81. The standard InChI is InChI=1S/C25H27N5O2/c1-26-25(31)29-9-10-30-22(15-29)23(28-24(30)17-5-6-17)19-4-2-3-18-13-21(27-14-20(18)19)16-7-11-32-12-8-16/h2-4,7,13-14,17H,5-6,8-12,15H2,1H3,(H,26,31). The molecule has 2 aliphatic heterocycles.